The highest BCUT2D eigenvalue weighted by Gasteiger charge is 2.15. The molecule has 0 saturated carbocycles. The van der Waals surface area contributed by atoms with Gasteiger partial charge in [0, 0.05) is 34.7 Å². The molecule has 0 bridgehead atoms. The Hall–Kier alpha value is -2.63. The van der Waals surface area contributed by atoms with Gasteiger partial charge in [0.1, 0.15) is 5.69 Å². The van der Waals surface area contributed by atoms with Gasteiger partial charge < -0.3 is 10.2 Å². The van der Waals surface area contributed by atoms with Gasteiger partial charge in [-0.25, -0.2) is 9.97 Å². The zero-order chi connectivity index (χ0) is 17.8. The SMILES string of the molecule is CN(C(=O)c1ccnc(Nc2cc(Cl)cc(Cl)c2)n1)c1ccccc1. The molecule has 25 heavy (non-hydrogen) atoms. The predicted octanol–water partition coefficient (Wildman–Crippen LogP) is 4.80. The molecular formula is C18H14Cl2N4O. The van der Waals surface area contributed by atoms with Crippen LogP contribution in [-0.2, 0) is 0 Å². The normalized spacial score (nSPS) is 10.4. The molecule has 2 aromatic carbocycles. The number of hydrogen-bond acceptors (Lipinski definition) is 4. The van der Waals surface area contributed by atoms with E-state index in [1.165, 1.54) is 11.1 Å². The number of anilines is 3. The van der Waals surface area contributed by atoms with Gasteiger partial charge in [-0.1, -0.05) is 41.4 Å². The number of rotatable bonds is 4. The molecule has 0 radical (unpaired) electrons. The fourth-order valence-corrected chi connectivity index (χ4v) is 2.76. The lowest BCUT2D eigenvalue weighted by molar-refractivity contribution is 0.0988. The third kappa shape index (κ3) is 4.26. The van der Waals surface area contributed by atoms with Crippen LogP contribution in [0.15, 0.2) is 60.8 Å². The molecule has 0 unspecified atom stereocenters. The monoisotopic (exact) mass is 372 g/mol. The van der Waals surface area contributed by atoms with E-state index >= 15 is 0 Å². The van der Waals surface area contributed by atoms with E-state index in [0.29, 0.717) is 15.7 Å². The van der Waals surface area contributed by atoms with Crippen LogP contribution >= 0.6 is 23.2 Å². The van der Waals surface area contributed by atoms with Crippen LogP contribution in [0.5, 0.6) is 0 Å². The summed E-state index contributed by atoms with van der Waals surface area (Å²) in [5.74, 6) is 0.0476. The molecule has 1 aromatic heterocycles. The summed E-state index contributed by atoms with van der Waals surface area (Å²) in [6.45, 7) is 0. The van der Waals surface area contributed by atoms with Crippen LogP contribution in [0.2, 0.25) is 10.0 Å². The fraction of sp³-hybridized carbons (Fsp3) is 0.0556. The number of amides is 1. The Morgan fingerprint density at radius 1 is 1.04 bits per heavy atom. The summed E-state index contributed by atoms with van der Waals surface area (Å²) in [5.41, 5.74) is 1.69. The van der Waals surface area contributed by atoms with E-state index in [2.05, 4.69) is 15.3 Å². The first-order valence-corrected chi connectivity index (χ1v) is 8.18. The van der Waals surface area contributed by atoms with Crippen molar-refractivity contribution in [3.05, 3.63) is 76.5 Å². The average Bonchev–Trinajstić information content (AvgIpc) is 2.60. The topological polar surface area (TPSA) is 58.1 Å². The first-order valence-electron chi connectivity index (χ1n) is 7.42. The van der Waals surface area contributed by atoms with Crippen LogP contribution in [0.4, 0.5) is 17.3 Å². The number of halogens is 2. The summed E-state index contributed by atoms with van der Waals surface area (Å²) in [5, 5.41) is 3.98. The molecule has 0 aliphatic rings. The van der Waals surface area contributed by atoms with Crippen molar-refractivity contribution in [3.8, 4) is 0 Å². The standard InChI is InChI=1S/C18H14Cl2N4O/c1-24(15-5-3-2-4-6-15)17(25)16-7-8-21-18(23-16)22-14-10-12(19)9-13(20)11-14/h2-11H,1H3,(H,21,22,23). The number of carbonyl (C=O) groups excluding carboxylic acids is 1. The van der Waals surface area contributed by atoms with E-state index in [9.17, 15) is 4.79 Å². The van der Waals surface area contributed by atoms with Crippen molar-refractivity contribution in [3.63, 3.8) is 0 Å². The molecule has 0 spiro atoms. The smallest absolute Gasteiger partial charge is 0.276 e. The number of para-hydroxylation sites is 1. The highest BCUT2D eigenvalue weighted by atomic mass is 35.5. The van der Waals surface area contributed by atoms with Gasteiger partial charge in [0.2, 0.25) is 5.95 Å². The van der Waals surface area contributed by atoms with Crippen LogP contribution in [0, 0.1) is 0 Å². The largest absolute Gasteiger partial charge is 0.324 e. The van der Waals surface area contributed by atoms with Gasteiger partial charge in [0.15, 0.2) is 0 Å². The number of carbonyl (C=O) groups is 1. The number of benzene rings is 2. The molecule has 0 aliphatic carbocycles. The summed E-state index contributed by atoms with van der Waals surface area (Å²) >= 11 is 12.0. The quantitative estimate of drug-likeness (QED) is 0.714. The molecule has 1 N–H and O–H groups in total. The first kappa shape index (κ1) is 17.2. The Morgan fingerprint density at radius 3 is 2.40 bits per heavy atom. The van der Waals surface area contributed by atoms with E-state index in [1.807, 2.05) is 30.3 Å². The summed E-state index contributed by atoms with van der Waals surface area (Å²) in [6, 6.07) is 15.9. The van der Waals surface area contributed by atoms with E-state index < -0.39 is 0 Å². The Balaban J connectivity index is 1.82. The molecule has 3 aromatic rings. The second-order valence-electron chi connectivity index (χ2n) is 5.25. The molecule has 126 valence electrons. The number of nitrogens with zero attached hydrogens (tertiary/aromatic N) is 3. The van der Waals surface area contributed by atoms with E-state index in [4.69, 9.17) is 23.2 Å². The summed E-state index contributed by atoms with van der Waals surface area (Å²) in [7, 11) is 1.70. The van der Waals surface area contributed by atoms with Crippen molar-refractivity contribution < 1.29 is 4.79 Å². The van der Waals surface area contributed by atoms with Crippen molar-refractivity contribution in [2.75, 3.05) is 17.3 Å². The molecule has 0 saturated heterocycles. The zero-order valence-corrected chi connectivity index (χ0v) is 14.8. The third-order valence-corrected chi connectivity index (χ3v) is 3.88. The van der Waals surface area contributed by atoms with Gasteiger partial charge in [-0.15, -0.1) is 0 Å². The fourth-order valence-electron chi connectivity index (χ4n) is 2.23. The van der Waals surface area contributed by atoms with E-state index in [0.717, 1.165) is 5.69 Å². The summed E-state index contributed by atoms with van der Waals surface area (Å²) in [6.07, 6.45) is 1.52. The lowest BCUT2D eigenvalue weighted by atomic mass is 10.2. The van der Waals surface area contributed by atoms with Crippen LogP contribution in [0.1, 0.15) is 10.5 Å². The van der Waals surface area contributed by atoms with E-state index in [1.54, 1.807) is 31.3 Å². The van der Waals surface area contributed by atoms with Crippen molar-refractivity contribution >= 4 is 46.4 Å². The van der Waals surface area contributed by atoms with Crippen molar-refractivity contribution in [1.82, 2.24) is 9.97 Å². The molecule has 1 heterocycles. The van der Waals surface area contributed by atoms with Crippen LogP contribution < -0.4 is 10.2 Å². The molecule has 0 aliphatic heterocycles. The maximum atomic E-state index is 12.6. The van der Waals surface area contributed by atoms with Crippen LogP contribution in [0.3, 0.4) is 0 Å². The molecule has 5 nitrogen and oxygen atoms in total. The highest BCUT2D eigenvalue weighted by molar-refractivity contribution is 6.35. The van der Waals surface area contributed by atoms with Crippen molar-refractivity contribution in [2.24, 2.45) is 0 Å². The van der Waals surface area contributed by atoms with Gasteiger partial charge in [-0.05, 0) is 36.4 Å². The molecule has 0 fully saturated rings. The molecule has 3 rings (SSSR count). The molecule has 7 heteroatoms. The number of nitrogens with one attached hydrogen (secondary N) is 1. The maximum absolute atomic E-state index is 12.6. The minimum absolute atomic E-state index is 0.235. The Labute approximate surface area is 155 Å². The Bertz CT molecular complexity index is 882. The van der Waals surface area contributed by atoms with Crippen LogP contribution in [0.25, 0.3) is 0 Å². The van der Waals surface area contributed by atoms with Gasteiger partial charge in [0.05, 0.1) is 0 Å². The predicted molar refractivity (Wildman–Crippen MR) is 101 cm³/mol. The third-order valence-electron chi connectivity index (χ3n) is 3.44. The van der Waals surface area contributed by atoms with Gasteiger partial charge in [-0.2, -0.15) is 0 Å². The average molecular weight is 373 g/mol. The molecule has 0 atom stereocenters. The number of aromatic nitrogens is 2. The van der Waals surface area contributed by atoms with Crippen molar-refractivity contribution in [1.29, 1.82) is 0 Å². The van der Waals surface area contributed by atoms with Crippen molar-refractivity contribution in [2.45, 2.75) is 0 Å². The van der Waals surface area contributed by atoms with Gasteiger partial charge in [0.25, 0.3) is 5.91 Å². The van der Waals surface area contributed by atoms with Gasteiger partial charge in [-0.3, -0.25) is 4.79 Å². The maximum Gasteiger partial charge on any atom is 0.276 e. The Kier molecular flexibility index (Phi) is 5.16. The highest BCUT2D eigenvalue weighted by Crippen LogP contribution is 2.24. The van der Waals surface area contributed by atoms with Gasteiger partial charge >= 0.3 is 0 Å². The zero-order valence-electron chi connectivity index (χ0n) is 13.3. The number of hydrogen-bond donors (Lipinski definition) is 1. The summed E-state index contributed by atoms with van der Waals surface area (Å²) < 4.78 is 0. The van der Waals surface area contributed by atoms with Crippen LogP contribution in [-0.4, -0.2) is 22.9 Å². The Morgan fingerprint density at radius 2 is 1.72 bits per heavy atom. The van der Waals surface area contributed by atoms with E-state index in [-0.39, 0.29) is 17.5 Å². The summed E-state index contributed by atoms with van der Waals surface area (Å²) in [4.78, 5) is 22.6. The molecular weight excluding hydrogens is 359 g/mol. The minimum atomic E-state index is -0.235. The second kappa shape index (κ2) is 7.51. The molecule has 1 amide bonds. The first-order chi connectivity index (χ1) is 12.0. The lowest BCUT2D eigenvalue weighted by Crippen LogP contribution is -2.27. The minimum Gasteiger partial charge on any atom is -0.324 e. The second-order valence-corrected chi connectivity index (χ2v) is 6.12. The lowest BCUT2D eigenvalue weighted by Gasteiger charge is -2.17.